The van der Waals surface area contributed by atoms with E-state index in [9.17, 15) is 9.59 Å². The van der Waals surface area contributed by atoms with Crippen LogP contribution in [0.25, 0.3) is 0 Å². The van der Waals surface area contributed by atoms with Gasteiger partial charge < -0.3 is 10.6 Å². The van der Waals surface area contributed by atoms with Crippen LogP contribution in [0.15, 0.2) is 18.2 Å². The number of hydrogen-bond acceptors (Lipinski definition) is 2. The Morgan fingerprint density at radius 1 is 0.952 bits per heavy atom. The summed E-state index contributed by atoms with van der Waals surface area (Å²) in [6.45, 7) is 2.65. The van der Waals surface area contributed by atoms with Crippen LogP contribution < -0.4 is 10.6 Å². The van der Waals surface area contributed by atoms with Gasteiger partial charge >= 0.3 is 11.8 Å². The zero-order valence-electron chi connectivity index (χ0n) is 12.0. The highest BCUT2D eigenvalue weighted by molar-refractivity contribution is 6.40. The van der Waals surface area contributed by atoms with Crippen LogP contribution >= 0.6 is 23.2 Å². The van der Waals surface area contributed by atoms with Gasteiger partial charge in [-0.2, -0.15) is 0 Å². The third kappa shape index (κ3) is 7.34. The van der Waals surface area contributed by atoms with Gasteiger partial charge in [0.25, 0.3) is 0 Å². The molecule has 116 valence electrons. The lowest BCUT2D eigenvalue weighted by Gasteiger charge is -2.07. The van der Waals surface area contributed by atoms with E-state index in [-0.39, 0.29) is 0 Å². The molecular weight excluding hydrogens is 311 g/mol. The Balaban J connectivity index is 2.32. The lowest BCUT2D eigenvalue weighted by molar-refractivity contribution is -0.136. The predicted octanol–water partition coefficient (Wildman–Crippen LogP) is 4.02. The minimum absolute atomic E-state index is 0.397. The molecule has 1 rings (SSSR count). The summed E-state index contributed by atoms with van der Waals surface area (Å²) >= 11 is 11.6. The van der Waals surface area contributed by atoms with Crippen LogP contribution in [0.2, 0.25) is 10.0 Å². The topological polar surface area (TPSA) is 58.2 Å². The predicted molar refractivity (Wildman–Crippen MR) is 86.9 cm³/mol. The van der Waals surface area contributed by atoms with E-state index in [0.29, 0.717) is 22.3 Å². The normalized spacial score (nSPS) is 10.2. The molecule has 0 fully saturated rings. The Bertz CT molecular complexity index is 472. The van der Waals surface area contributed by atoms with Gasteiger partial charge in [0.2, 0.25) is 0 Å². The lowest BCUT2D eigenvalue weighted by atomic mass is 10.1. The van der Waals surface area contributed by atoms with Crippen LogP contribution in [0.4, 0.5) is 5.69 Å². The minimum atomic E-state index is -0.720. The number of rotatable bonds is 7. The molecule has 0 bridgehead atoms. The number of benzene rings is 1. The van der Waals surface area contributed by atoms with Crippen LogP contribution in [0.3, 0.4) is 0 Å². The first kappa shape index (κ1) is 17.8. The second kappa shape index (κ2) is 9.64. The molecule has 0 heterocycles. The highest BCUT2D eigenvalue weighted by atomic mass is 35.5. The van der Waals surface area contributed by atoms with E-state index in [1.165, 1.54) is 25.0 Å². The second-order valence-corrected chi connectivity index (χ2v) is 5.66. The summed E-state index contributed by atoms with van der Waals surface area (Å²) in [5.41, 5.74) is 0.399. The molecule has 0 atom stereocenters. The van der Waals surface area contributed by atoms with Crippen LogP contribution in [-0.4, -0.2) is 18.4 Å². The number of amides is 2. The summed E-state index contributed by atoms with van der Waals surface area (Å²) in [5.74, 6) is -1.37. The molecule has 1 aromatic carbocycles. The molecule has 2 N–H and O–H groups in total. The fourth-order valence-corrected chi connectivity index (χ4v) is 2.35. The standard InChI is InChI=1S/C15H20Cl2N2O2/c1-2-3-4-5-6-7-18-14(20)15(21)19-13-9-11(16)8-12(17)10-13/h8-10H,2-7H2,1H3,(H,18,20)(H,19,21). The first-order valence-electron chi connectivity index (χ1n) is 7.08. The van der Waals surface area contributed by atoms with Crippen molar-refractivity contribution in [3.8, 4) is 0 Å². The highest BCUT2D eigenvalue weighted by Gasteiger charge is 2.13. The van der Waals surface area contributed by atoms with Crippen LogP contribution in [0.1, 0.15) is 39.0 Å². The quantitative estimate of drug-likeness (QED) is 0.586. The van der Waals surface area contributed by atoms with Gasteiger partial charge in [0.15, 0.2) is 0 Å². The summed E-state index contributed by atoms with van der Waals surface area (Å²) < 4.78 is 0. The monoisotopic (exact) mass is 330 g/mol. The van der Waals surface area contributed by atoms with E-state index in [0.717, 1.165) is 19.3 Å². The van der Waals surface area contributed by atoms with Gasteiger partial charge in [0, 0.05) is 22.3 Å². The number of nitrogens with one attached hydrogen (secondary N) is 2. The maximum atomic E-state index is 11.7. The smallest absolute Gasteiger partial charge is 0.313 e. The third-order valence-corrected chi connectivity index (χ3v) is 3.33. The fraction of sp³-hybridized carbons (Fsp3) is 0.467. The van der Waals surface area contributed by atoms with Crippen molar-refractivity contribution in [3.05, 3.63) is 28.2 Å². The van der Waals surface area contributed by atoms with Gasteiger partial charge in [0.05, 0.1) is 0 Å². The summed E-state index contributed by atoms with van der Waals surface area (Å²) in [5, 5.41) is 5.85. The van der Waals surface area contributed by atoms with E-state index in [1.54, 1.807) is 6.07 Å². The number of halogens is 2. The average Bonchev–Trinajstić information content (AvgIpc) is 2.41. The van der Waals surface area contributed by atoms with Crippen molar-refractivity contribution in [2.24, 2.45) is 0 Å². The molecule has 0 aliphatic carbocycles. The van der Waals surface area contributed by atoms with Crippen molar-refractivity contribution in [1.29, 1.82) is 0 Å². The molecule has 0 aliphatic heterocycles. The second-order valence-electron chi connectivity index (χ2n) is 4.78. The maximum absolute atomic E-state index is 11.7. The third-order valence-electron chi connectivity index (χ3n) is 2.89. The molecule has 0 aliphatic rings. The van der Waals surface area contributed by atoms with E-state index < -0.39 is 11.8 Å². The van der Waals surface area contributed by atoms with Crippen LogP contribution in [-0.2, 0) is 9.59 Å². The van der Waals surface area contributed by atoms with Gasteiger partial charge in [-0.1, -0.05) is 55.8 Å². The zero-order chi connectivity index (χ0) is 15.7. The number of anilines is 1. The van der Waals surface area contributed by atoms with Crippen molar-refractivity contribution >= 4 is 40.7 Å². The SMILES string of the molecule is CCCCCCCNC(=O)C(=O)Nc1cc(Cl)cc(Cl)c1. The molecule has 1 aromatic rings. The summed E-state index contributed by atoms with van der Waals surface area (Å²) in [6.07, 6.45) is 5.46. The molecule has 2 amide bonds. The van der Waals surface area contributed by atoms with Crippen LogP contribution in [0, 0.1) is 0 Å². The molecule has 4 nitrogen and oxygen atoms in total. The summed E-state index contributed by atoms with van der Waals surface area (Å²) in [6, 6.07) is 4.61. The Morgan fingerprint density at radius 3 is 2.19 bits per heavy atom. The Morgan fingerprint density at radius 2 is 1.57 bits per heavy atom. The number of hydrogen-bond donors (Lipinski definition) is 2. The summed E-state index contributed by atoms with van der Waals surface area (Å²) in [4.78, 5) is 23.3. The van der Waals surface area contributed by atoms with Gasteiger partial charge in [-0.15, -0.1) is 0 Å². The minimum Gasteiger partial charge on any atom is -0.348 e. The summed E-state index contributed by atoms with van der Waals surface area (Å²) in [7, 11) is 0. The molecule has 0 saturated carbocycles. The molecule has 0 aromatic heterocycles. The van der Waals surface area contributed by atoms with E-state index in [2.05, 4.69) is 17.6 Å². The van der Waals surface area contributed by atoms with E-state index >= 15 is 0 Å². The first-order chi connectivity index (χ1) is 10.0. The van der Waals surface area contributed by atoms with Crippen molar-refractivity contribution in [3.63, 3.8) is 0 Å². The molecular formula is C15H20Cl2N2O2. The number of carbonyl (C=O) groups excluding carboxylic acids is 2. The molecule has 0 saturated heterocycles. The van der Waals surface area contributed by atoms with Crippen molar-refractivity contribution in [2.45, 2.75) is 39.0 Å². The van der Waals surface area contributed by atoms with Crippen molar-refractivity contribution < 1.29 is 9.59 Å². The Hall–Kier alpha value is -1.26. The first-order valence-corrected chi connectivity index (χ1v) is 7.83. The van der Waals surface area contributed by atoms with Crippen molar-refractivity contribution in [2.75, 3.05) is 11.9 Å². The van der Waals surface area contributed by atoms with E-state index in [4.69, 9.17) is 23.2 Å². The largest absolute Gasteiger partial charge is 0.348 e. The molecule has 0 unspecified atom stereocenters. The maximum Gasteiger partial charge on any atom is 0.313 e. The molecule has 0 radical (unpaired) electrons. The van der Waals surface area contributed by atoms with Gasteiger partial charge in [-0.25, -0.2) is 0 Å². The molecule has 21 heavy (non-hydrogen) atoms. The van der Waals surface area contributed by atoms with Crippen molar-refractivity contribution in [1.82, 2.24) is 5.32 Å². The average molecular weight is 331 g/mol. The Labute approximate surface area is 135 Å². The Kier molecular flexibility index (Phi) is 8.16. The zero-order valence-corrected chi connectivity index (χ0v) is 13.6. The van der Waals surface area contributed by atoms with Gasteiger partial charge in [0.1, 0.15) is 0 Å². The van der Waals surface area contributed by atoms with Crippen LogP contribution in [0.5, 0.6) is 0 Å². The highest BCUT2D eigenvalue weighted by Crippen LogP contribution is 2.22. The lowest BCUT2D eigenvalue weighted by Crippen LogP contribution is -2.35. The number of unbranched alkanes of at least 4 members (excludes halogenated alkanes) is 4. The molecule has 0 spiro atoms. The van der Waals surface area contributed by atoms with Gasteiger partial charge in [-0.05, 0) is 24.6 Å². The fourth-order valence-electron chi connectivity index (χ4n) is 1.82. The molecule has 6 heteroatoms. The van der Waals surface area contributed by atoms with Gasteiger partial charge in [-0.3, -0.25) is 9.59 Å². The van der Waals surface area contributed by atoms with E-state index in [1.807, 2.05) is 0 Å². The number of carbonyl (C=O) groups is 2.